The first kappa shape index (κ1) is 14.9. The van der Waals surface area contributed by atoms with Gasteiger partial charge in [-0.25, -0.2) is 0 Å². The van der Waals surface area contributed by atoms with Crippen molar-refractivity contribution in [1.82, 2.24) is 0 Å². The average molecular weight is 301 g/mol. The normalized spacial score (nSPS) is 11.3. The van der Waals surface area contributed by atoms with Crippen molar-refractivity contribution < 1.29 is 9.53 Å². The minimum Gasteiger partial charge on any atom is -0.481 e. The van der Waals surface area contributed by atoms with Crippen molar-refractivity contribution in [3.8, 4) is 11.8 Å². The lowest BCUT2D eigenvalue weighted by molar-refractivity contribution is -0.122. The molecule has 0 saturated carbocycles. The van der Waals surface area contributed by atoms with Crippen molar-refractivity contribution in [2.24, 2.45) is 0 Å². The zero-order valence-corrected chi connectivity index (χ0v) is 12.1. The van der Waals surface area contributed by atoms with E-state index >= 15 is 0 Å². The van der Waals surface area contributed by atoms with Crippen LogP contribution < -0.4 is 10.1 Å². The highest BCUT2D eigenvalue weighted by atomic mass is 35.5. The monoisotopic (exact) mass is 300 g/mol. The van der Waals surface area contributed by atoms with Crippen LogP contribution in [0.5, 0.6) is 5.75 Å². The quantitative estimate of drug-likeness (QED) is 0.938. The number of ether oxygens (including phenoxy) is 1. The maximum atomic E-state index is 12.0. The summed E-state index contributed by atoms with van der Waals surface area (Å²) >= 11 is 5.86. The highest BCUT2D eigenvalue weighted by molar-refractivity contribution is 6.30. The second-order valence-corrected chi connectivity index (χ2v) is 4.83. The predicted octanol–water partition coefficient (Wildman–Crippen LogP) is 3.62. The molecule has 1 atom stereocenters. The summed E-state index contributed by atoms with van der Waals surface area (Å²) < 4.78 is 5.53. The van der Waals surface area contributed by atoms with Gasteiger partial charge in [0.25, 0.3) is 5.91 Å². The number of hydrogen-bond donors (Lipinski definition) is 1. The van der Waals surface area contributed by atoms with Crippen LogP contribution in [0, 0.1) is 11.3 Å². The van der Waals surface area contributed by atoms with Crippen molar-refractivity contribution in [3.05, 3.63) is 59.1 Å². The first-order valence-electron chi connectivity index (χ1n) is 6.32. The Morgan fingerprint density at radius 1 is 1.29 bits per heavy atom. The molecule has 5 heteroatoms. The van der Waals surface area contributed by atoms with E-state index in [9.17, 15) is 4.79 Å². The van der Waals surface area contributed by atoms with Gasteiger partial charge in [-0.2, -0.15) is 5.26 Å². The fourth-order valence-electron chi connectivity index (χ4n) is 1.67. The number of benzene rings is 2. The number of hydrogen-bond acceptors (Lipinski definition) is 3. The lowest BCUT2D eigenvalue weighted by Crippen LogP contribution is -2.30. The van der Waals surface area contributed by atoms with Gasteiger partial charge in [0.05, 0.1) is 11.6 Å². The number of carbonyl (C=O) groups is 1. The van der Waals surface area contributed by atoms with Crippen molar-refractivity contribution >= 4 is 23.2 Å². The molecule has 0 bridgehead atoms. The second-order valence-electron chi connectivity index (χ2n) is 4.40. The number of halogens is 1. The van der Waals surface area contributed by atoms with E-state index in [0.29, 0.717) is 22.0 Å². The Morgan fingerprint density at radius 3 is 2.62 bits per heavy atom. The first-order chi connectivity index (χ1) is 10.1. The van der Waals surface area contributed by atoms with E-state index in [-0.39, 0.29) is 5.91 Å². The molecule has 0 saturated heterocycles. The van der Waals surface area contributed by atoms with E-state index in [2.05, 4.69) is 5.32 Å². The number of nitrogens with one attached hydrogen (secondary N) is 1. The Bertz CT molecular complexity index is 677. The van der Waals surface area contributed by atoms with Gasteiger partial charge in [-0.1, -0.05) is 17.7 Å². The van der Waals surface area contributed by atoms with Gasteiger partial charge >= 0.3 is 0 Å². The van der Waals surface area contributed by atoms with Gasteiger partial charge in [0.15, 0.2) is 6.10 Å². The van der Waals surface area contributed by atoms with Gasteiger partial charge in [-0.3, -0.25) is 4.79 Å². The molecule has 4 nitrogen and oxygen atoms in total. The molecule has 1 amide bonds. The van der Waals surface area contributed by atoms with Crippen LogP contribution in [0.1, 0.15) is 12.5 Å². The number of carbonyl (C=O) groups excluding carboxylic acids is 1. The molecule has 21 heavy (non-hydrogen) atoms. The minimum atomic E-state index is -0.667. The standard InChI is InChI=1S/C16H13ClN2O2/c1-11(21-15-4-2-3-13(17)9-15)16(20)19-14-7-5-12(10-18)6-8-14/h2-9,11H,1H3,(H,19,20)/t11-/m0/s1. The molecule has 0 spiro atoms. The van der Waals surface area contributed by atoms with Crippen molar-refractivity contribution in [1.29, 1.82) is 5.26 Å². The number of nitrogens with zero attached hydrogens (tertiary/aromatic N) is 1. The van der Waals surface area contributed by atoms with E-state index in [0.717, 1.165) is 0 Å². The second kappa shape index (κ2) is 6.78. The SMILES string of the molecule is C[C@H](Oc1cccc(Cl)c1)C(=O)Nc1ccc(C#N)cc1. The summed E-state index contributed by atoms with van der Waals surface area (Å²) in [5.74, 6) is 0.254. The molecule has 106 valence electrons. The smallest absolute Gasteiger partial charge is 0.265 e. The number of rotatable bonds is 4. The van der Waals surface area contributed by atoms with E-state index in [1.165, 1.54) is 0 Å². The highest BCUT2D eigenvalue weighted by Crippen LogP contribution is 2.19. The molecule has 0 aliphatic heterocycles. The molecule has 0 radical (unpaired) electrons. The number of anilines is 1. The topological polar surface area (TPSA) is 62.1 Å². The van der Waals surface area contributed by atoms with Crippen molar-refractivity contribution in [2.75, 3.05) is 5.32 Å². The minimum absolute atomic E-state index is 0.278. The van der Waals surface area contributed by atoms with E-state index in [1.807, 2.05) is 6.07 Å². The molecule has 0 aliphatic carbocycles. The predicted molar refractivity (Wildman–Crippen MR) is 81.3 cm³/mol. The molecule has 0 aliphatic rings. The maximum absolute atomic E-state index is 12.0. The van der Waals surface area contributed by atoms with Gasteiger partial charge in [-0.05, 0) is 49.4 Å². The Labute approximate surface area is 127 Å². The summed E-state index contributed by atoms with van der Waals surface area (Å²) in [5.41, 5.74) is 1.15. The number of nitriles is 1. The van der Waals surface area contributed by atoms with Crippen LogP contribution in [-0.4, -0.2) is 12.0 Å². The summed E-state index contributed by atoms with van der Waals surface area (Å²) in [6.45, 7) is 1.65. The Balaban J connectivity index is 1.97. The van der Waals surface area contributed by atoms with Gasteiger partial charge in [0, 0.05) is 10.7 Å². The zero-order chi connectivity index (χ0) is 15.2. The molecule has 0 unspecified atom stereocenters. The first-order valence-corrected chi connectivity index (χ1v) is 6.69. The average Bonchev–Trinajstić information content (AvgIpc) is 2.48. The summed E-state index contributed by atoms with van der Waals surface area (Å²) in [5, 5.41) is 12.0. The van der Waals surface area contributed by atoms with Crippen LogP contribution in [0.3, 0.4) is 0 Å². The van der Waals surface area contributed by atoms with Crippen molar-refractivity contribution in [2.45, 2.75) is 13.0 Å². The molecular weight excluding hydrogens is 288 g/mol. The van der Waals surface area contributed by atoms with Gasteiger partial charge in [-0.15, -0.1) is 0 Å². The third-order valence-corrected chi connectivity index (χ3v) is 2.99. The molecule has 2 aromatic rings. The highest BCUT2D eigenvalue weighted by Gasteiger charge is 2.15. The Morgan fingerprint density at radius 2 is 2.00 bits per heavy atom. The van der Waals surface area contributed by atoms with E-state index in [1.54, 1.807) is 55.5 Å². The van der Waals surface area contributed by atoms with E-state index in [4.69, 9.17) is 21.6 Å². The van der Waals surface area contributed by atoms with Gasteiger partial charge in [0.1, 0.15) is 5.75 Å². The third kappa shape index (κ3) is 4.23. The lowest BCUT2D eigenvalue weighted by Gasteiger charge is -2.14. The molecule has 0 fully saturated rings. The van der Waals surface area contributed by atoms with Crippen LogP contribution in [0.4, 0.5) is 5.69 Å². The van der Waals surface area contributed by atoms with Crippen LogP contribution in [0.2, 0.25) is 5.02 Å². The maximum Gasteiger partial charge on any atom is 0.265 e. The zero-order valence-electron chi connectivity index (χ0n) is 11.3. The Hall–Kier alpha value is -2.51. The third-order valence-electron chi connectivity index (χ3n) is 2.76. The van der Waals surface area contributed by atoms with Gasteiger partial charge in [0.2, 0.25) is 0 Å². The molecule has 2 aromatic carbocycles. The lowest BCUT2D eigenvalue weighted by atomic mass is 10.2. The summed E-state index contributed by atoms with van der Waals surface area (Å²) in [7, 11) is 0. The van der Waals surface area contributed by atoms with E-state index < -0.39 is 6.10 Å². The molecular formula is C16H13ClN2O2. The summed E-state index contributed by atoms with van der Waals surface area (Å²) in [4.78, 5) is 12.0. The van der Waals surface area contributed by atoms with Gasteiger partial charge < -0.3 is 10.1 Å². The summed E-state index contributed by atoms with van der Waals surface area (Å²) in [6.07, 6.45) is -0.667. The van der Waals surface area contributed by atoms with Crippen LogP contribution in [-0.2, 0) is 4.79 Å². The fourth-order valence-corrected chi connectivity index (χ4v) is 1.85. The largest absolute Gasteiger partial charge is 0.481 e. The Kier molecular flexibility index (Phi) is 4.81. The fraction of sp³-hybridized carbons (Fsp3) is 0.125. The van der Waals surface area contributed by atoms with Crippen LogP contribution in [0.15, 0.2) is 48.5 Å². The number of amides is 1. The van der Waals surface area contributed by atoms with Crippen LogP contribution in [0.25, 0.3) is 0 Å². The molecule has 1 N–H and O–H groups in total. The molecule has 0 aromatic heterocycles. The summed E-state index contributed by atoms with van der Waals surface area (Å²) in [6, 6.07) is 15.5. The van der Waals surface area contributed by atoms with Crippen molar-refractivity contribution in [3.63, 3.8) is 0 Å². The van der Waals surface area contributed by atoms with Crippen LogP contribution >= 0.6 is 11.6 Å². The molecule has 0 heterocycles. The molecule has 2 rings (SSSR count).